The lowest BCUT2D eigenvalue weighted by molar-refractivity contribution is -0.151. The Morgan fingerprint density at radius 3 is 2.89 bits per heavy atom. The van der Waals surface area contributed by atoms with Crippen molar-refractivity contribution in [1.29, 1.82) is 0 Å². The van der Waals surface area contributed by atoms with Crippen LogP contribution in [0.25, 0.3) is 0 Å². The normalized spacial score (nSPS) is 46.2. The molecule has 18 heavy (non-hydrogen) atoms. The van der Waals surface area contributed by atoms with Crippen LogP contribution >= 0.6 is 0 Å². The third kappa shape index (κ3) is 1.94. The van der Waals surface area contributed by atoms with Crippen molar-refractivity contribution < 1.29 is 19.4 Å². The summed E-state index contributed by atoms with van der Waals surface area (Å²) in [7, 11) is 0. The van der Waals surface area contributed by atoms with Crippen LogP contribution in [-0.2, 0) is 14.3 Å². The van der Waals surface area contributed by atoms with Gasteiger partial charge in [-0.05, 0) is 39.0 Å². The summed E-state index contributed by atoms with van der Waals surface area (Å²) in [5.41, 5.74) is 0. The Labute approximate surface area is 107 Å². The number of nitrogens with one attached hydrogen (secondary N) is 1. The lowest BCUT2D eigenvalue weighted by Crippen LogP contribution is -2.60. The monoisotopic (exact) mass is 255 g/mol. The first-order valence-electron chi connectivity index (χ1n) is 6.77. The van der Waals surface area contributed by atoms with Crippen LogP contribution in [0.4, 0.5) is 0 Å². The van der Waals surface area contributed by atoms with Crippen LogP contribution in [0.1, 0.15) is 33.1 Å². The molecular formula is C13H21NO4. The van der Waals surface area contributed by atoms with E-state index in [0.717, 1.165) is 19.3 Å². The summed E-state index contributed by atoms with van der Waals surface area (Å²) in [6, 6.07) is 0.0424. The van der Waals surface area contributed by atoms with Crippen molar-refractivity contribution in [2.45, 2.75) is 57.1 Å². The third-order valence-corrected chi connectivity index (χ3v) is 4.39. The molecule has 0 radical (unpaired) electrons. The summed E-state index contributed by atoms with van der Waals surface area (Å²) in [6.07, 6.45) is 2.82. The predicted octanol–water partition coefficient (Wildman–Crippen LogP) is 0.413. The molecule has 0 aromatic rings. The number of carbonyl (C=O) groups is 1. The van der Waals surface area contributed by atoms with E-state index in [1.54, 1.807) is 0 Å². The van der Waals surface area contributed by atoms with E-state index in [9.17, 15) is 9.90 Å². The first-order valence-corrected chi connectivity index (χ1v) is 6.77. The van der Waals surface area contributed by atoms with Crippen LogP contribution in [0.2, 0.25) is 0 Å². The van der Waals surface area contributed by atoms with Gasteiger partial charge in [-0.2, -0.15) is 0 Å². The van der Waals surface area contributed by atoms with Crippen LogP contribution in [0.15, 0.2) is 0 Å². The Morgan fingerprint density at radius 1 is 1.39 bits per heavy atom. The number of ether oxygens (including phenoxy) is 2. The van der Waals surface area contributed by atoms with Crippen LogP contribution in [-0.4, -0.2) is 41.7 Å². The highest BCUT2D eigenvalue weighted by Crippen LogP contribution is 2.42. The second kappa shape index (κ2) is 4.18. The van der Waals surface area contributed by atoms with E-state index in [4.69, 9.17) is 9.47 Å². The van der Waals surface area contributed by atoms with Gasteiger partial charge in [0.25, 0.3) is 0 Å². The Morgan fingerprint density at radius 2 is 2.17 bits per heavy atom. The Hall–Kier alpha value is -0.650. The zero-order valence-corrected chi connectivity index (χ0v) is 10.9. The first kappa shape index (κ1) is 12.4. The molecule has 5 nitrogen and oxygen atoms in total. The van der Waals surface area contributed by atoms with Gasteiger partial charge >= 0.3 is 0 Å². The third-order valence-electron chi connectivity index (χ3n) is 4.39. The van der Waals surface area contributed by atoms with Crippen LogP contribution < -0.4 is 5.32 Å². The van der Waals surface area contributed by atoms with E-state index < -0.39 is 5.79 Å². The van der Waals surface area contributed by atoms with Crippen molar-refractivity contribution in [3.05, 3.63) is 0 Å². The number of carbonyl (C=O) groups excluding carboxylic acids is 1. The fraction of sp³-hybridized carbons (Fsp3) is 0.923. The van der Waals surface area contributed by atoms with Crippen LogP contribution in [0, 0.1) is 11.8 Å². The van der Waals surface area contributed by atoms with Crippen LogP contribution in [0.3, 0.4) is 0 Å². The molecule has 3 fully saturated rings. The lowest BCUT2D eigenvalue weighted by Gasteiger charge is -2.43. The molecule has 2 heterocycles. The minimum Gasteiger partial charge on any atom is -0.396 e. The molecule has 1 aliphatic carbocycles. The fourth-order valence-electron chi connectivity index (χ4n) is 3.59. The molecule has 1 amide bonds. The molecule has 5 atom stereocenters. The summed E-state index contributed by atoms with van der Waals surface area (Å²) in [4.78, 5) is 11.9. The summed E-state index contributed by atoms with van der Waals surface area (Å²) in [5.74, 6) is -0.451. The van der Waals surface area contributed by atoms with Crippen molar-refractivity contribution in [2.24, 2.45) is 11.8 Å². The molecule has 0 bridgehead atoms. The molecule has 0 unspecified atom stereocenters. The highest BCUT2D eigenvalue weighted by molar-refractivity contribution is 5.80. The minimum absolute atomic E-state index is 0.0395. The summed E-state index contributed by atoms with van der Waals surface area (Å²) < 4.78 is 11.8. The number of piperidine rings is 1. The molecule has 2 saturated heterocycles. The Kier molecular flexibility index (Phi) is 2.88. The number of hydrogen-bond donors (Lipinski definition) is 2. The lowest BCUT2D eigenvalue weighted by atomic mass is 9.73. The molecule has 0 spiro atoms. The van der Waals surface area contributed by atoms with Gasteiger partial charge in [0.1, 0.15) is 6.10 Å². The second-order valence-electron chi connectivity index (χ2n) is 6.13. The van der Waals surface area contributed by atoms with Gasteiger partial charge < -0.3 is 19.9 Å². The van der Waals surface area contributed by atoms with E-state index in [1.165, 1.54) is 0 Å². The quantitative estimate of drug-likeness (QED) is 0.712. The first-order chi connectivity index (χ1) is 8.50. The maximum atomic E-state index is 11.9. The summed E-state index contributed by atoms with van der Waals surface area (Å²) in [5, 5.41) is 12.2. The fourth-order valence-corrected chi connectivity index (χ4v) is 3.59. The van der Waals surface area contributed by atoms with Crippen molar-refractivity contribution >= 4 is 5.91 Å². The predicted molar refractivity (Wildman–Crippen MR) is 63.7 cm³/mol. The number of fused-ring (bicyclic) bond motifs is 3. The van der Waals surface area contributed by atoms with Crippen molar-refractivity contribution in [1.82, 2.24) is 5.32 Å². The average Bonchev–Trinajstić information content (AvgIpc) is 2.63. The van der Waals surface area contributed by atoms with Crippen LogP contribution in [0.5, 0.6) is 0 Å². The summed E-state index contributed by atoms with van der Waals surface area (Å²) >= 11 is 0. The van der Waals surface area contributed by atoms with E-state index >= 15 is 0 Å². The molecule has 3 aliphatic rings. The minimum atomic E-state index is -0.553. The molecule has 2 aliphatic heterocycles. The summed E-state index contributed by atoms with van der Waals surface area (Å²) in [6.45, 7) is 3.77. The molecule has 2 N–H and O–H groups in total. The highest BCUT2D eigenvalue weighted by atomic mass is 16.8. The van der Waals surface area contributed by atoms with Gasteiger partial charge in [0.2, 0.25) is 5.91 Å². The number of amides is 1. The maximum Gasteiger partial charge on any atom is 0.225 e. The molecular weight excluding hydrogens is 234 g/mol. The molecule has 0 aromatic carbocycles. The maximum absolute atomic E-state index is 11.9. The van der Waals surface area contributed by atoms with Crippen molar-refractivity contribution in [2.75, 3.05) is 6.61 Å². The molecule has 1 saturated carbocycles. The standard InChI is InChI=1S/C13H21NO4/c1-13(2)17-9-4-3-7-5-8(6-15)12(16)14-10(7)11(9)18-13/h7-11,15H,3-6H2,1-2H3,(H,14,16)/t7-,8-,9+,10+,11+/m1/s1. The number of rotatable bonds is 1. The van der Waals surface area contributed by atoms with Gasteiger partial charge in [-0.15, -0.1) is 0 Å². The number of aliphatic hydroxyl groups is 1. The zero-order chi connectivity index (χ0) is 12.9. The zero-order valence-electron chi connectivity index (χ0n) is 10.9. The van der Waals surface area contributed by atoms with Gasteiger partial charge in [-0.25, -0.2) is 0 Å². The van der Waals surface area contributed by atoms with Crippen molar-refractivity contribution in [3.8, 4) is 0 Å². The Balaban J connectivity index is 1.77. The van der Waals surface area contributed by atoms with Gasteiger partial charge in [0, 0.05) is 0 Å². The number of hydrogen-bond acceptors (Lipinski definition) is 4. The van der Waals surface area contributed by atoms with E-state index in [-0.39, 0.29) is 36.7 Å². The average molecular weight is 255 g/mol. The molecule has 3 rings (SSSR count). The largest absolute Gasteiger partial charge is 0.396 e. The van der Waals surface area contributed by atoms with E-state index in [1.807, 2.05) is 13.8 Å². The highest BCUT2D eigenvalue weighted by Gasteiger charge is 2.52. The SMILES string of the molecule is CC1(C)O[C@@H]2[C@H]3NC(=O)[C@@H](CO)C[C@H]3CC[C@@H]2O1. The van der Waals surface area contributed by atoms with Gasteiger partial charge in [-0.3, -0.25) is 4.79 Å². The number of aliphatic hydroxyl groups excluding tert-OH is 1. The molecule has 5 heteroatoms. The smallest absolute Gasteiger partial charge is 0.225 e. The van der Waals surface area contributed by atoms with E-state index in [0.29, 0.717) is 5.92 Å². The second-order valence-corrected chi connectivity index (χ2v) is 6.13. The van der Waals surface area contributed by atoms with Gasteiger partial charge in [-0.1, -0.05) is 0 Å². The Bertz CT molecular complexity index is 357. The van der Waals surface area contributed by atoms with Crippen molar-refractivity contribution in [3.63, 3.8) is 0 Å². The van der Waals surface area contributed by atoms with Gasteiger partial charge in [0.15, 0.2) is 5.79 Å². The van der Waals surface area contributed by atoms with E-state index in [2.05, 4.69) is 5.32 Å². The molecule has 102 valence electrons. The molecule has 0 aromatic heterocycles. The van der Waals surface area contributed by atoms with Gasteiger partial charge in [0.05, 0.1) is 24.7 Å². The topological polar surface area (TPSA) is 67.8 Å².